The van der Waals surface area contributed by atoms with Crippen molar-refractivity contribution >= 4 is 11.9 Å². The Kier molecular flexibility index (Phi) is 3.82. The maximum Gasteiger partial charge on any atom is 0.243 e. The number of carbonyl (C=O) groups excluding carboxylic acids is 1. The van der Waals surface area contributed by atoms with Crippen molar-refractivity contribution in [2.75, 3.05) is 0 Å². The fraction of sp³-hybridized carbons (Fsp3) is 0.200. The zero-order valence-electron chi connectivity index (χ0n) is 8.23. The topological polar surface area (TPSA) is 105 Å². The predicted molar refractivity (Wildman–Crippen MR) is 58.2 cm³/mol. The summed E-state index contributed by atoms with van der Waals surface area (Å²) >= 11 is 0. The number of hydrogen-bond donors (Lipinski definition) is 4. The van der Waals surface area contributed by atoms with E-state index >= 15 is 0 Å². The van der Waals surface area contributed by atoms with Crippen molar-refractivity contribution in [1.29, 1.82) is 5.41 Å². The summed E-state index contributed by atoms with van der Waals surface area (Å²) in [5.74, 6) is -0.824. The molecule has 0 radical (unpaired) electrons. The Balaban J connectivity index is 2.52. The van der Waals surface area contributed by atoms with Gasteiger partial charge in [-0.1, -0.05) is 30.3 Å². The summed E-state index contributed by atoms with van der Waals surface area (Å²) in [6.45, 7) is 0. The van der Waals surface area contributed by atoms with Gasteiger partial charge in [0.2, 0.25) is 5.91 Å². The smallest absolute Gasteiger partial charge is 0.243 e. The molecule has 1 amide bonds. The Bertz CT molecular complexity index is 350. The highest BCUT2D eigenvalue weighted by molar-refractivity contribution is 5.97. The molecule has 0 fully saturated rings. The van der Waals surface area contributed by atoms with Crippen LogP contribution in [0.3, 0.4) is 0 Å². The molecule has 0 aromatic heterocycles. The van der Waals surface area contributed by atoms with E-state index in [9.17, 15) is 4.79 Å². The molecule has 1 atom stereocenters. The average molecular weight is 206 g/mol. The Morgan fingerprint density at radius 2 is 2.00 bits per heavy atom. The van der Waals surface area contributed by atoms with Crippen molar-refractivity contribution < 1.29 is 4.79 Å². The number of rotatable bonds is 3. The lowest BCUT2D eigenvalue weighted by Crippen LogP contribution is -2.46. The van der Waals surface area contributed by atoms with Crippen LogP contribution in [0.15, 0.2) is 30.3 Å². The average Bonchev–Trinajstić information content (AvgIpc) is 2.18. The Morgan fingerprint density at radius 3 is 2.53 bits per heavy atom. The Hall–Kier alpha value is -1.88. The van der Waals surface area contributed by atoms with E-state index in [2.05, 4.69) is 5.32 Å². The van der Waals surface area contributed by atoms with Crippen molar-refractivity contribution in [3.63, 3.8) is 0 Å². The molecule has 5 heteroatoms. The molecule has 1 rings (SSSR count). The second kappa shape index (κ2) is 5.11. The number of amides is 1. The van der Waals surface area contributed by atoms with Crippen LogP contribution in [-0.4, -0.2) is 17.9 Å². The van der Waals surface area contributed by atoms with E-state index in [1.807, 2.05) is 30.3 Å². The van der Waals surface area contributed by atoms with Crippen molar-refractivity contribution in [2.24, 2.45) is 11.5 Å². The number of hydrogen-bond acceptors (Lipinski definition) is 3. The van der Waals surface area contributed by atoms with Gasteiger partial charge >= 0.3 is 0 Å². The van der Waals surface area contributed by atoms with E-state index in [1.165, 1.54) is 0 Å². The third-order valence-corrected chi connectivity index (χ3v) is 1.89. The van der Waals surface area contributed by atoms with Gasteiger partial charge in [0, 0.05) is 0 Å². The number of carbonyl (C=O) groups is 1. The molecule has 5 nitrogen and oxygen atoms in total. The molecular weight excluding hydrogens is 192 g/mol. The van der Waals surface area contributed by atoms with Gasteiger partial charge in [0.15, 0.2) is 5.96 Å². The second-order valence-electron chi connectivity index (χ2n) is 3.20. The summed E-state index contributed by atoms with van der Waals surface area (Å²) in [5, 5.41) is 9.05. The van der Waals surface area contributed by atoms with Crippen LogP contribution in [0.1, 0.15) is 5.56 Å². The Morgan fingerprint density at radius 1 is 1.40 bits per heavy atom. The summed E-state index contributed by atoms with van der Waals surface area (Å²) in [5.41, 5.74) is 11.6. The second-order valence-corrected chi connectivity index (χ2v) is 3.20. The lowest BCUT2D eigenvalue weighted by Gasteiger charge is -2.10. The largest absolute Gasteiger partial charge is 0.370 e. The van der Waals surface area contributed by atoms with Gasteiger partial charge in [-0.2, -0.15) is 0 Å². The predicted octanol–water partition coefficient (Wildman–Crippen LogP) is -0.434. The van der Waals surface area contributed by atoms with E-state index in [0.29, 0.717) is 6.42 Å². The summed E-state index contributed by atoms with van der Waals surface area (Å²) in [6, 6.07) is 8.75. The van der Waals surface area contributed by atoms with E-state index in [1.54, 1.807) is 0 Å². The van der Waals surface area contributed by atoms with Crippen LogP contribution in [0.2, 0.25) is 0 Å². The fourth-order valence-electron chi connectivity index (χ4n) is 1.19. The van der Waals surface area contributed by atoms with Crippen LogP contribution >= 0.6 is 0 Å². The molecule has 1 aromatic rings. The van der Waals surface area contributed by atoms with Gasteiger partial charge in [-0.15, -0.1) is 0 Å². The highest BCUT2D eigenvalue weighted by Gasteiger charge is 2.13. The van der Waals surface area contributed by atoms with Crippen LogP contribution in [-0.2, 0) is 11.2 Å². The molecule has 0 aliphatic heterocycles. The van der Waals surface area contributed by atoms with Gasteiger partial charge in [0.05, 0.1) is 6.04 Å². The number of guanidine groups is 1. The lowest BCUT2D eigenvalue weighted by molar-refractivity contribution is -0.120. The summed E-state index contributed by atoms with van der Waals surface area (Å²) < 4.78 is 0. The first-order valence-electron chi connectivity index (χ1n) is 4.54. The minimum Gasteiger partial charge on any atom is -0.370 e. The first kappa shape index (κ1) is 11.2. The highest BCUT2D eigenvalue weighted by Crippen LogP contribution is 2.01. The maximum absolute atomic E-state index is 11.3. The van der Waals surface area contributed by atoms with Crippen molar-refractivity contribution in [3.8, 4) is 0 Å². The first-order valence-corrected chi connectivity index (χ1v) is 4.54. The van der Waals surface area contributed by atoms with E-state index < -0.39 is 11.9 Å². The van der Waals surface area contributed by atoms with Crippen molar-refractivity contribution in [3.05, 3.63) is 35.9 Å². The van der Waals surface area contributed by atoms with Gasteiger partial charge in [-0.05, 0) is 12.0 Å². The van der Waals surface area contributed by atoms with Crippen LogP contribution in [0, 0.1) is 5.41 Å². The maximum atomic E-state index is 11.3. The van der Waals surface area contributed by atoms with E-state index in [0.717, 1.165) is 5.56 Å². The van der Waals surface area contributed by atoms with Crippen molar-refractivity contribution in [2.45, 2.75) is 12.5 Å². The quantitative estimate of drug-likeness (QED) is 0.398. The number of nitrogens with one attached hydrogen (secondary N) is 2. The number of nitrogens with two attached hydrogens (primary N) is 2. The molecule has 0 saturated carbocycles. The fourth-order valence-corrected chi connectivity index (χ4v) is 1.19. The van der Waals surface area contributed by atoms with Gasteiger partial charge < -0.3 is 11.5 Å². The molecular formula is C10H14N4O. The molecule has 1 unspecified atom stereocenters. The van der Waals surface area contributed by atoms with E-state index in [4.69, 9.17) is 16.9 Å². The summed E-state index contributed by atoms with van der Waals surface area (Å²) in [7, 11) is 0. The number of benzene rings is 1. The molecule has 0 bridgehead atoms. The lowest BCUT2D eigenvalue weighted by atomic mass is 10.1. The normalized spacial score (nSPS) is 11.8. The molecule has 15 heavy (non-hydrogen) atoms. The monoisotopic (exact) mass is 206 g/mol. The minimum absolute atomic E-state index is 0.386. The van der Waals surface area contributed by atoms with Crippen LogP contribution < -0.4 is 16.8 Å². The molecule has 0 aliphatic rings. The molecule has 0 spiro atoms. The molecule has 0 saturated heterocycles. The molecule has 0 aliphatic carbocycles. The summed E-state index contributed by atoms with van der Waals surface area (Å²) in [6.07, 6.45) is 0.431. The van der Waals surface area contributed by atoms with Gasteiger partial charge in [-0.3, -0.25) is 15.5 Å². The van der Waals surface area contributed by atoms with Crippen LogP contribution in [0.4, 0.5) is 0 Å². The van der Waals surface area contributed by atoms with Gasteiger partial charge in [-0.25, -0.2) is 0 Å². The zero-order chi connectivity index (χ0) is 11.3. The van der Waals surface area contributed by atoms with Gasteiger partial charge in [0.25, 0.3) is 0 Å². The molecule has 1 aromatic carbocycles. The third kappa shape index (κ3) is 3.78. The van der Waals surface area contributed by atoms with E-state index in [-0.39, 0.29) is 5.96 Å². The Labute approximate surface area is 88.0 Å². The minimum atomic E-state index is -0.684. The van der Waals surface area contributed by atoms with Crippen molar-refractivity contribution in [1.82, 2.24) is 5.32 Å². The SMILES string of the molecule is N=C(N)NC(=O)C(N)Cc1ccccc1. The highest BCUT2D eigenvalue weighted by atomic mass is 16.2. The van der Waals surface area contributed by atoms with Gasteiger partial charge in [0.1, 0.15) is 0 Å². The molecule has 80 valence electrons. The van der Waals surface area contributed by atoms with Crippen LogP contribution in [0.5, 0.6) is 0 Å². The van der Waals surface area contributed by atoms with Crippen LogP contribution in [0.25, 0.3) is 0 Å². The first-order chi connectivity index (χ1) is 7.09. The zero-order valence-corrected chi connectivity index (χ0v) is 8.23. The third-order valence-electron chi connectivity index (χ3n) is 1.89. The molecule has 6 N–H and O–H groups in total. The molecule has 0 heterocycles. The standard InChI is InChI=1S/C10H14N4O/c11-8(9(15)14-10(12)13)6-7-4-2-1-3-5-7/h1-5,8H,6,11H2,(H4,12,13,14,15). The summed E-state index contributed by atoms with van der Waals surface area (Å²) in [4.78, 5) is 11.3.